The molecule has 7 heteroatoms. The monoisotopic (exact) mass is 428 g/mol. The molecule has 0 bridgehead atoms. The Morgan fingerprint density at radius 3 is 2.84 bits per heavy atom. The summed E-state index contributed by atoms with van der Waals surface area (Å²) in [6.07, 6.45) is 3.92. The zero-order valence-electron chi connectivity index (χ0n) is 17.7. The molecule has 1 atom stereocenters. The zero-order chi connectivity index (χ0) is 21.3. The lowest BCUT2D eigenvalue weighted by Crippen LogP contribution is -2.36. The van der Waals surface area contributed by atoms with Gasteiger partial charge in [-0.1, -0.05) is 18.2 Å². The van der Waals surface area contributed by atoms with E-state index in [0.717, 1.165) is 59.1 Å². The van der Waals surface area contributed by atoms with Crippen molar-refractivity contribution in [3.8, 4) is 22.8 Å². The van der Waals surface area contributed by atoms with E-state index in [1.807, 2.05) is 42.7 Å². The second-order valence-electron chi connectivity index (χ2n) is 8.13. The fourth-order valence-corrected chi connectivity index (χ4v) is 4.33. The Kier molecular flexibility index (Phi) is 4.97. The van der Waals surface area contributed by atoms with Crippen LogP contribution in [0.25, 0.3) is 22.2 Å². The average molecular weight is 428 g/mol. The molecule has 0 spiro atoms. The van der Waals surface area contributed by atoms with Crippen LogP contribution in [0.3, 0.4) is 0 Å². The van der Waals surface area contributed by atoms with Crippen molar-refractivity contribution >= 4 is 10.9 Å². The Labute approximate surface area is 186 Å². The van der Waals surface area contributed by atoms with Gasteiger partial charge in [0.25, 0.3) is 0 Å². The van der Waals surface area contributed by atoms with Gasteiger partial charge in [-0.2, -0.15) is 0 Å². The van der Waals surface area contributed by atoms with E-state index in [4.69, 9.17) is 14.2 Å². The van der Waals surface area contributed by atoms with Gasteiger partial charge in [-0.05, 0) is 35.9 Å². The summed E-state index contributed by atoms with van der Waals surface area (Å²) in [5, 5.41) is 4.68. The summed E-state index contributed by atoms with van der Waals surface area (Å²) in [5.74, 6) is 2.54. The fourth-order valence-electron chi connectivity index (χ4n) is 4.33. The summed E-state index contributed by atoms with van der Waals surface area (Å²) in [6.45, 7) is 3.94. The standard InChI is InChI=1S/C25H24N4O3/c1-2-4-21-18(3-1)9-17(12-27-21)11-26-13-20-15-29-22(14-28-25(29)16-32-20)19-5-6-23-24(10-19)31-8-7-30-23/h1-6,9-10,12,14,20,26H,7-8,11,13,15-16H2. The van der Waals surface area contributed by atoms with E-state index in [0.29, 0.717) is 19.8 Å². The topological polar surface area (TPSA) is 70.4 Å². The quantitative estimate of drug-likeness (QED) is 0.524. The van der Waals surface area contributed by atoms with Gasteiger partial charge in [-0.25, -0.2) is 4.98 Å². The number of aromatic nitrogens is 3. The van der Waals surface area contributed by atoms with Crippen LogP contribution < -0.4 is 14.8 Å². The van der Waals surface area contributed by atoms with Crippen molar-refractivity contribution < 1.29 is 14.2 Å². The number of rotatable bonds is 5. The lowest BCUT2D eigenvalue weighted by Gasteiger charge is -2.26. The van der Waals surface area contributed by atoms with Crippen molar-refractivity contribution in [1.82, 2.24) is 19.9 Å². The highest BCUT2D eigenvalue weighted by atomic mass is 16.6. The molecular formula is C25H24N4O3. The molecule has 1 N–H and O–H groups in total. The molecule has 4 aromatic rings. The largest absolute Gasteiger partial charge is 0.486 e. The third-order valence-electron chi connectivity index (χ3n) is 5.96. The molecule has 7 nitrogen and oxygen atoms in total. The van der Waals surface area contributed by atoms with Gasteiger partial charge in [0.15, 0.2) is 11.5 Å². The van der Waals surface area contributed by atoms with Crippen LogP contribution in [0.5, 0.6) is 11.5 Å². The second kappa shape index (κ2) is 8.26. The smallest absolute Gasteiger partial charge is 0.162 e. The number of ether oxygens (including phenoxy) is 3. The van der Waals surface area contributed by atoms with E-state index in [2.05, 4.69) is 38.1 Å². The van der Waals surface area contributed by atoms with Crippen molar-refractivity contribution in [2.45, 2.75) is 25.8 Å². The van der Waals surface area contributed by atoms with Crippen LogP contribution in [0.15, 0.2) is 60.9 Å². The van der Waals surface area contributed by atoms with Gasteiger partial charge >= 0.3 is 0 Å². The lowest BCUT2D eigenvalue weighted by molar-refractivity contribution is 0.00325. The zero-order valence-corrected chi connectivity index (χ0v) is 17.7. The summed E-state index contributed by atoms with van der Waals surface area (Å²) in [7, 11) is 0. The van der Waals surface area contributed by atoms with Gasteiger partial charge in [-0.15, -0.1) is 0 Å². The SMILES string of the molecule is c1ccc2ncc(CNCC3Cn4c(-c5ccc6c(c5)OCCO6)cnc4CO3)cc2c1. The molecule has 162 valence electrons. The first kappa shape index (κ1) is 19.3. The number of hydrogen-bond acceptors (Lipinski definition) is 6. The number of para-hydroxylation sites is 1. The highest BCUT2D eigenvalue weighted by molar-refractivity contribution is 5.78. The Morgan fingerprint density at radius 1 is 0.969 bits per heavy atom. The van der Waals surface area contributed by atoms with Crippen LogP contribution in [-0.4, -0.2) is 40.4 Å². The molecule has 2 aromatic heterocycles. The van der Waals surface area contributed by atoms with Crippen LogP contribution in [0.1, 0.15) is 11.4 Å². The Morgan fingerprint density at radius 2 is 1.88 bits per heavy atom. The maximum absolute atomic E-state index is 6.05. The van der Waals surface area contributed by atoms with E-state index in [1.165, 1.54) is 5.56 Å². The lowest BCUT2D eigenvalue weighted by atomic mass is 10.1. The van der Waals surface area contributed by atoms with Crippen molar-refractivity contribution in [1.29, 1.82) is 0 Å². The van der Waals surface area contributed by atoms with Gasteiger partial charge in [0.1, 0.15) is 25.6 Å². The van der Waals surface area contributed by atoms with Crippen molar-refractivity contribution in [2.24, 2.45) is 0 Å². The average Bonchev–Trinajstić information content (AvgIpc) is 3.27. The molecule has 32 heavy (non-hydrogen) atoms. The van der Waals surface area contributed by atoms with Crippen LogP contribution >= 0.6 is 0 Å². The summed E-state index contributed by atoms with van der Waals surface area (Å²) in [5.41, 5.74) is 4.33. The summed E-state index contributed by atoms with van der Waals surface area (Å²) >= 11 is 0. The molecule has 0 aliphatic carbocycles. The highest BCUT2D eigenvalue weighted by Crippen LogP contribution is 2.35. The number of nitrogens with one attached hydrogen (secondary N) is 1. The molecule has 2 aliphatic rings. The Hall–Kier alpha value is -3.42. The van der Waals surface area contributed by atoms with Crippen LogP contribution in [0.4, 0.5) is 0 Å². The maximum Gasteiger partial charge on any atom is 0.162 e. The van der Waals surface area contributed by atoms with E-state index in [9.17, 15) is 0 Å². The first-order valence-electron chi connectivity index (χ1n) is 10.9. The number of imidazole rings is 1. The first-order chi connectivity index (χ1) is 15.8. The first-order valence-corrected chi connectivity index (χ1v) is 10.9. The summed E-state index contributed by atoms with van der Waals surface area (Å²) in [4.78, 5) is 9.12. The molecule has 0 saturated carbocycles. The summed E-state index contributed by atoms with van der Waals surface area (Å²) < 4.78 is 19.7. The van der Waals surface area contributed by atoms with E-state index in [-0.39, 0.29) is 6.10 Å². The number of pyridine rings is 1. The minimum Gasteiger partial charge on any atom is -0.486 e. The normalized spacial score (nSPS) is 17.3. The molecule has 0 saturated heterocycles. The number of nitrogens with zero attached hydrogens (tertiary/aromatic N) is 3. The predicted octanol–water partition coefficient (Wildman–Crippen LogP) is 3.56. The van der Waals surface area contributed by atoms with E-state index < -0.39 is 0 Å². The van der Waals surface area contributed by atoms with Crippen molar-refractivity contribution in [3.63, 3.8) is 0 Å². The van der Waals surface area contributed by atoms with Crippen LogP contribution in [0.2, 0.25) is 0 Å². The van der Waals surface area contributed by atoms with Gasteiger partial charge < -0.3 is 24.1 Å². The van der Waals surface area contributed by atoms with Crippen molar-refractivity contribution in [2.75, 3.05) is 19.8 Å². The highest BCUT2D eigenvalue weighted by Gasteiger charge is 2.23. The van der Waals surface area contributed by atoms with E-state index >= 15 is 0 Å². The Bertz CT molecular complexity index is 1270. The third kappa shape index (κ3) is 3.70. The van der Waals surface area contributed by atoms with Crippen LogP contribution in [0, 0.1) is 0 Å². The van der Waals surface area contributed by atoms with E-state index in [1.54, 1.807) is 0 Å². The van der Waals surface area contributed by atoms with Gasteiger partial charge in [-0.3, -0.25) is 4.98 Å². The molecule has 0 radical (unpaired) electrons. The molecule has 0 amide bonds. The van der Waals surface area contributed by atoms with Gasteiger partial charge in [0.2, 0.25) is 0 Å². The molecule has 1 unspecified atom stereocenters. The molecule has 4 heterocycles. The Balaban J connectivity index is 1.13. The number of hydrogen-bond donors (Lipinski definition) is 1. The molecule has 2 aliphatic heterocycles. The molecule has 2 aromatic carbocycles. The fraction of sp³-hybridized carbons (Fsp3) is 0.280. The third-order valence-corrected chi connectivity index (χ3v) is 5.96. The summed E-state index contributed by atoms with van der Waals surface area (Å²) in [6, 6.07) is 16.4. The second-order valence-corrected chi connectivity index (χ2v) is 8.13. The minimum absolute atomic E-state index is 0.0704. The minimum atomic E-state index is 0.0704. The van der Waals surface area contributed by atoms with Gasteiger partial charge in [0.05, 0.1) is 30.1 Å². The molecular weight excluding hydrogens is 404 g/mol. The molecule has 0 fully saturated rings. The van der Waals surface area contributed by atoms with Crippen molar-refractivity contribution in [3.05, 3.63) is 72.3 Å². The number of fused-ring (bicyclic) bond motifs is 3. The number of benzene rings is 2. The maximum atomic E-state index is 6.05. The predicted molar refractivity (Wildman–Crippen MR) is 121 cm³/mol. The molecule has 6 rings (SSSR count). The van der Waals surface area contributed by atoms with Crippen LogP contribution in [-0.2, 0) is 24.4 Å². The van der Waals surface area contributed by atoms with Gasteiger partial charge in [0, 0.05) is 30.2 Å².